The number of furan rings is 1. The molecular weight excluding hydrogens is 380 g/mol. The first kappa shape index (κ1) is 19.3. The molecule has 4 aromatic rings. The van der Waals surface area contributed by atoms with Gasteiger partial charge in [-0.3, -0.25) is 0 Å². The summed E-state index contributed by atoms with van der Waals surface area (Å²) in [5.41, 5.74) is 2.33. The third-order valence-corrected chi connectivity index (χ3v) is 4.57. The number of methoxy groups -OCH3 is 2. The van der Waals surface area contributed by atoms with Crippen molar-refractivity contribution in [3.05, 3.63) is 90.7 Å². The fourth-order valence-corrected chi connectivity index (χ4v) is 3.20. The van der Waals surface area contributed by atoms with E-state index in [9.17, 15) is 4.79 Å². The van der Waals surface area contributed by atoms with Crippen molar-refractivity contribution >= 4 is 22.5 Å². The first-order valence-corrected chi connectivity index (χ1v) is 9.37. The third kappa shape index (κ3) is 3.91. The Bertz CT molecular complexity index is 1200. The van der Waals surface area contributed by atoms with Crippen LogP contribution >= 0.6 is 0 Å². The van der Waals surface area contributed by atoms with Crippen molar-refractivity contribution in [2.24, 2.45) is 0 Å². The molecule has 5 heteroatoms. The number of esters is 1. The predicted octanol–water partition coefficient (Wildman–Crippen LogP) is 6.05. The summed E-state index contributed by atoms with van der Waals surface area (Å²) in [7, 11) is 2.81. The van der Waals surface area contributed by atoms with Crippen molar-refractivity contribution in [1.29, 1.82) is 0 Å². The smallest absolute Gasteiger partial charge is 0.341 e. The maximum absolute atomic E-state index is 12.2. The van der Waals surface area contributed by atoms with Gasteiger partial charge in [0.1, 0.15) is 28.4 Å². The second-order valence-electron chi connectivity index (χ2n) is 6.54. The van der Waals surface area contributed by atoms with Crippen molar-refractivity contribution in [2.45, 2.75) is 0 Å². The number of fused-ring (bicyclic) bond motifs is 1. The van der Waals surface area contributed by atoms with E-state index >= 15 is 0 Å². The average molecular weight is 400 g/mol. The van der Waals surface area contributed by atoms with E-state index in [1.54, 1.807) is 6.07 Å². The summed E-state index contributed by atoms with van der Waals surface area (Å²) in [6.45, 7) is 0. The van der Waals surface area contributed by atoms with Crippen LogP contribution < -0.4 is 4.74 Å². The highest BCUT2D eigenvalue weighted by molar-refractivity contribution is 6.19. The molecule has 1 heterocycles. The van der Waals surface area contributed by atoms with Gasteiger partial charge in [-0.25, -0.2) is 4.79 Å². The molecule has 30 heavy (non-hydrogen) atoms. The van der Waals surface area contributed by atoms with E-state index in [4.69, 9.17) is 18.6 Å². The minimum atomic E-state index is -0.499. The predicted molar refractivity (Wildman–Crippen MR) is 115 cm³/mol. The highest BCUT2D eigenvalue weighted by Crippen LogP contribution is 2.34. The van der Waals surface area contributed by atoms with Crippen molar-refractivity contribution in [2.75, 3.05) is 14.2 Å². The standard InChI is InChI=1S/C25H20O5/c1-27-16-22(25(26)28-2)21-13-7-9-18-15-23(30-24(18)21)17-8-6-12-20(14-17)29-19-10-4-3-5-11-19/h3-16H,1-2H3/b22-16+. The number of hydrogen-bond donors (Lipinski definition) is 0. The molecule has 0 unspecified atom stereocenters. The average Bonchev–Trinajstić information content (AvgIpc) is 3.23. The molecule has 0 aliphatic rings. The summed E-state index contributed by atoms with van der Waals surface area (Å²) >= 11 is 0. The molecule has 3 aromatic carbocycles. The van der Waals surface area contributed by atoms with Gasteiger partial charge in [0, 0.05) is 16.5 Å². The first-order chi connectivity index (χ1) is 14.7. The van der Waals surface area contributed by atoms with Crippen molar-refractivity contribution in [1.82, 2.24) is 0 Å². The Morgan fingerprint density at radius 2 is 1.63 bits per heavy atom. The summed E-state index contributed by atoms with van der Waals surface area (Å²) in [6.07, 6.45) is 1.36. The van der Waals surface area contributed by atoms with Crippen LogP contribution in [-0.2, 0) is 14.3 Å². The fraction of sp³-hybridized carbons (Fsp3) is 0.0800. The van der Waals surface area contributed by atoms with Gasteiger partial charge < -0.3 is 18.6 Å². The number of carbonyl (C=O) groups is 1. The molecule has 0 radical (unpaired) electrons. The quantitative estimate of drug-likeness (QED) is 0.224. The van der Waals surface area contributed by atoms with E-state index in [2.05, 4.69) is 0 Å². The lowest BCUT2D eigenvalue weighted by molar-refractivity contribution is -0.133. The number of hydrogen-bond acceptors (Lipinski definition) is 5. The third-order valence-electron chi connectivity index (χ3n) is 4.57. The lowest BCUT2D eigenvalue weighted by Crippen LogP contribution is -2.04. The van der Waals surface area contributed by atoms with Gasteiger partial charge >= 0.3 is 5.97 Å². The zero-order valence-electron chi connectivity index (χ0n) is 16.6. The topological polar surface area (TPSA) is 57.9 Å². The maximum atomic E-state index is 12.2. The Labute approximate surface area is 174 Å². The van der Waals surface area contributed by atoms with Crippen LogP contribution in [0.3, 0.4) is 0 Å². The van der Waals surface area contributed by atoms with Gasteiger partial charge in [-0.05, 0) is 30.3 Å². The van der Waals surface area contributed by atoms with E-state index in [1.165, 1.54) is 20.5 Å². The van der Waals surface area contributed by atoms with Gasteiger partial charge in [0.15, 0.2) is 0 Å². The number of carbonyl (C=O) groups excluding carboxylic acids is 1. The normalized spacial score (nSPS) is 11.3. The first-order valence-electron chi connectivity index (χ1n) is 9.37. The molecular formula is C25H20O5. The van der Waals surface area contributed by atoms with Crippen LogP contribution in [0.4, 0.5) is 0 Å². The van der Waals surface area contributed by atoms with E-state index in [1.807, 2.05) is 72.8 Å². The van der Waals surface area contributed by atoms with Crippen LogP contribution in [-0.4, -0.2) is 20.2 Å². The van der Waals surface area contributed by atoms with E-state index in [0.717, 1.165) is 16.7 Å². The molecule has 150 valence electrons. The van der Waals surface area contributed by atoms with E-state index < -0.39 is 5.97 Å². The highest BCUT2D eigenvalue weighted by atomic mass is 16.5. The van der Waals surface area contributed by atoms with Crippen molar-refractivity contribution < 1.29 is 23.4 Å². The Balaban J connectivity index is 1.74. The summed E-state index contributed by atoms with van der Waals surface area (Å²) in [4.78, 5) is 12.2. The molecule has 0 spiro atoms. The second-order valence-corrected chi connectivity index (χ2v) is 6.54. The molecule has 0 amide bonds. The Morgan fingerprint density at radius 3 is 2.40 bits per heavy atom. The Morgan fingerprint density at radius 1 is 0.867 bits per heavy atom. The molecule has 4 rings (SSSR count). The van der Waals surface area contributed by atoms with Crippen LogP contribution in [0.5, 0.6) is 11.5 Å². The minimum Gasteiger partial charge on any atom is -0.503 e. The number of rotatable bonds is 6. The highest BCUT2D eigenvalue weighted by Gasteiger charge is 2.19. The molecule has 0 saturated carbocycles. The molecule has 0 fully saturated rings. The molecule has 0 saturated heterocycles. The van der Waals surface area contributed by atoms with Crippen LogP contribution in [0.15, 0.2) is 89.5 Å². The van der Waals surface area contributed by atoms with Crippen molar-refractivity contribution in [3.63, 3.8) is 0 Å². The molecule has 0 bridgehead atoms. The Kier molecular flexibility index (Phi) is 5.52. The molecule has 5 nitrogen and oxygen atoms in total. The molecule has 0 aliphatic carbocycles. The zero-order chi connectivity index (χ0) is 20.9. The Hall–Kier alpha value is -3.99. The van der Waals surface area contributed by atoms with E-state index in [-0.39, 0.29) is 5.57 Å². The van der Waals surface area contributed by atoms with Gasteiger partial charge in [0.2, 0.25) is 0 Å². The summed E-state index contributed by atoms with van der Waals surface area (Å²) in [5, 5.41) is 0.864. The minimum absolute atomic E-state index is 0.285. The van der Waals surface area contributed by atoms with Gasteiger partial charge in [0.25, 0.3) is 0 Å². The fourth-order valence-electron chi connectivity index (χ4n) is 3.20. The molecule has 1 aromatic heterocycles. The van der Waals surface area contributed by atoms with Gasteiger partial charge in [0.05, 0.1) is 20.5 Å². The second kappa shape index (κ2) is 8.57. The van der Waals surface area contributed by atoms with Crippen LogP contribution in [0, 0.1) is 0 Å². The van der Waals surface area contributed by atoms with Crippen LogP contribution in [0.1, 0.15) is 5.56 Å². The van der Waals surface area contributed by atoms with Gasteiger partial charge in [-0.15, -0.1) is 0 Å². The van der Waals surface area contributed by atoms with Crippen LogP contribution in [0.25, 0.3) is 27.9 Å². The lowest BCUT2D eigenvalue weighted by atomic mass is 10.0. The molecule has 0 aliphatic heterocycles. The largest absolute Gasteiger partial charge is 0.503 e. The number of benzene rings is 3. The molecule has 0 atom stereocenters. The number of para-hydroxylation sites is 2. The summed E-state index contributed by atoms with van der Waals surface area (Å²) < 4.78 is 22.0. The summed E-state index contributed by atoms with van der Waals surface area (Å²) in [5.74, 6) is 1.63. The lowest BCUT2D eigenvalue weighted by Gasteiger charge is -2.07. The van der Waals surface area contributed by atoms with Crippen molar-refractivity contribution in [3.8, 4) is 22.8 Å². The zero-order valence-corrected chi connectivity index (χ0v) is 16.6. The maximum Gasteiger partial charge on any atom is 0.341 e. The monoisotopic (exact) mass is 400 g/mol. The van der Waals surface area contributed by atoms with Gasteiger partial charge in [-0.2, -0.15) is 0 Å². The molecule has 0 N–H and O–H groups in total. The van der Waals surface area contributed by atoms with Crippen LogP contribution in [0.2, 0.25) is 0 Å². The van der Waals surface area contributed by atoms with E-state index in [0.29, 0.717) is 22.7 Å². The SMILES string of the molecule is CO/C=C(/C(=O)OC)c1cccc2cc(-c3cccc(Oc4ccccc4)c3)oc12. The van der Waals surface area contributed by atoms with Gasteiger partial charge in [-0.1, -0.05) is 48.5 Å². The number of ether oxygens (including phenoxy) is 3. The summed E-state index contributed by atoms with van der Waals surface area (Å²) in [6, 6.07) is 24.8.